The van der Waals surface area contributed by atoms with Crippen LogP contribution in [-0.2, 0) is 14.3 Å². The van der Waals surface area contributed by atoms with E-state index in [0.29, 0.717) is 0 Å². The Hall–Kier alpha value is -1.50. The first-order chi connectivity index (χ1) is 5.26. The largest absolute Gasteiger partial charge is 0.489 e. The third-order valence-electron chi connectivity index (χ3n) is 0.892. The summed E-state index contributed by atoms with van der Waals surface area (Å²) in [6, 6.07) is 1.67. The number of carbonyl (C=O) groups excluding carboxylic acids is 1. The molecule has 0 atom stereocenters. The first-order valence-electron chi connectivity index (χ1n) is 3.07. The van der Waals surface area contributed by atoms with Crippen LogP contribution in [0, 0.1) is 11.3 Å². The summed E-state index contributed by atoms with van der Waals surface area (Å²) in [5.74, 6) is -0.689. The molecule has 0 heterocycles. The van der Waals surface area contributed by atoms with Crippen molar-refractivity contribution in [3.8, 4) is 6.07 Å². The fraction of sp³-hybridized carbons (Fsp3) is 0.429. The Bertz CT molecular complexity index is 202. The van der Waals surface area contributed by atoms with Crippen LogP contribution in [0.4, 0.5) is 0 Å². The third kappa shape index (κ3) is 3.26. The van der Waals surface area contributed by atoms with Gasteiger partial charge in [-0.1, -0.05) is 0 Å². The maximum Gasteiger partial charge on any atom is 0.374 e. The summed E-state index contributed by atoms with van der Waals surface area (Å²) in [6.07, 6.45) is 0.998. The van der Waals surface area contributed by atoms with Gasteiger partial charge in [-0.3, -0.25) is 0 Å². The van der Waals surface area contributed by atoms with Crippen molar-refractivity contribution in [1.29, 1.82) is 5.26 Å². The van der Waals surface area contributed by atoms with Crippen molar-refractivity contribution in [1.82, 2.24) is 0 Å². The van der Waals surface area contributed by atoms with E-state index in [1.54, 1.807) is 13.0 Å². The molecule has 0 aromatic carbocycles. The molecule has 0 rings (SSSR count). The fourth-order valence-electron chi connectivity index (χ4n) is 0.462. The topological polar surface area (TPSA) is 59.3 Å². The lowest BCUT2D eigenvalue weighted by Gasteiger charge is -2.02. The maximum atomic E-state index is 10.8. The molecule has 0 amide bonds. The summed E-state index contributed by atoms with van der Waals surface area (Å²) in [5, 5.41) is 8.17. The van der Waals surface area contributed by atoms with Crippen LogP contribution in [0.5, 0.6) is 0 Å². The van der Waals surface area contributed by atoms with E-state index >= 15 is 0 Å². The normalized spacial score (nSPS) is 10.1. The molecule has 0 aromatic rings. The van der Waals surface area contributed by atoms with Gasteiger partial charge in [0.1, 0.15) is 0 Å². The van der Waals surface area contributed by atoms with Gasteiger partial charge in [-0.05, 0) is 6.92 Å². The molecule has 0 unspecified atom stereocenters. The summed E-state index contributed by atoms with van der Waals surface area (Å²) in [7, 11) is 1.31. The zero-order chi connectivity index (χ0) is 8.69. The van der Waals surface area contributed by atoms with Crippen molar-refractivity contribution >= 4 is 5.97 Å². The molecule has 0 saturated heterocycles. The number of nitriles is 1. The van der Waals surface area contributed by atoms with Gasteiger partial charge >= 0.3 is 5.97 Å². The third-order valence-corrected chi connectivity index (χ3v) is 0.892. The van der Waals surface area contributed by atoms with E-state index in [1.807, 2.05) is 0 Å². The zero-order valence-corrected chi connectivity index (χ0v) is 6.46. The van der Waals surface area contributed by atoms with Gasteiger partial charge in [0.2, 0.25) is 5.76 Å². The van der Waals surface area contributed by atoms with Gasteiger partial charge in [-0.2, -0.15) is 5.26 Å². The molecular formula is C7H9NO3. The minimum absolute atomic E-state index is 0.0747. The molecular weight excluding hydrogens is 146 g/mol. The molecule has 0 aromatic heterocycles. The minimum Gasteiger partial charge on any atom is -0.489 e. The van der Waals surface area contributed by atoms with E-state index in [4.69, 9.17) is 5.26 Å². The Morgan fingerprint density at radius 2 is 2.36 bits per heavy atom. The number of allylic oxidation sites excluding steroid dienone is 1. The summed E-state index contributed by atoms with van der Waals surface area (Å²) in [5.41, 5.74) is 0. The van der Waals surface area contributed by atoms with Crippen LogP contribution < -0.4 is 0 Å². The minimum atomic E-state index is -0.614. The fourth-order valence-corrected chi connectivity index (χ4v) is 0.462. The lowest BCUT2D eigenvalue weighted by atomic mass is 10.4. The van der Waals surface area contributed by atoms with Gasteiger partial charge in [-0.15, -0.1) is 0 Å². The van der Waals surface area contributed by atoms with Crippen LogP contribution >= 0.6 is 0 Å². The van der Waals surface area contributed by atoms with Crippen molar-refractivity contribution in [2.24, 2.45) is 0 Å². The molecule has 4 nitrogen and oxygen atoms in total. The Labute approximate surface area is 65.0 Å². The standard InChI is InChI=1S/C7H9NO3/c1-3-11-7(9)6(10-2)4-5-8/h4H,3H2,1-2H3/b6-4-. The number of ether oxygens (including phenoxy) is 2. The molecule has 0 fully saturated rings. The molecule has 0 spiro atoms. The molecule has 0 N–H and O–H groups in total. The highest BCUT2D eigenvalue weighted by atomic mass is 16.6. The summed E-state index contributed by atoms with van der Waals surface area (Å²) in [4.78, 5) is 10.8. The number of esters is 1. The Balaban J connectivity index is 4.17. The van der Waals surface area contributed by atoms with E-state index in [0.717, 1.165) is 6.08 Å². The van der Waals surface area contributed by atoms with Crippen molar-refractivity contribution < 1.29 is 14.3 Å². The lowest BCUT2D eigenvalue weighted by molar-refractivity contribution is -0.142. The zero-order valence-electron chi connectivity index (χ0n) is 6.46. The van der Waals surface area contributed by atoms with Gasteiger partial charge < -0.3 is 9.47 Å². The molecule has 0 bridgehead atoms. The molecule has 0 aliphatic heterocycles. The Morgan fingerprint density at radius 3 is 2.73 bits per heavy atom. The second-order valence-electron chi connectivity index (χ2n) is 1.56. The quantitative estimate of drug-likeness (QED) is 0.259. The van der Waals surface area contributed by atoms with Crippen LogP contribution in [0.1, 0.15) is 6.92 Å². The number of methoxy groups -OCH3 is 1. The second kappa shape index (κ2) is 5.30. The Kier molecular flexibility index (Phi) is 4.58. The van der Waals surface area contributed by atoms with E-state index < -0.39 is 5.97 Å². The highest BCUT2D eigenvalue weighted by molar-refractivity contribution is 5.86. The average Bonchev–Trinajstić information content (AvgIpc) is 2.00. The van der Waals surface area contributed by atoms with Crippen molar-refractivity contribution in [3.05, 3.63) is 11.8 Å². The van der Waals surface area contributed by atoms with Gasteiger partial charge in [0.25, 0.3) is 0 Å². The number of hydrogen-bond donors (Lipinski definition) is 0. The molecule has 0 radical (unpaired) electrons. The lowest BCUT2D eigenvalue weighted by Crippen LogP contribution is -2.08. The predicted octanol–water partition coefficient (Wildman–Crippen LogP) is 0.603. The van der Waals surface area contributed by atoms with Crippen molar-refractivity contribution in [2.45, 2.75) is 6.92 Å². The van der Waals surface area contributed by atoms with Crippen LogP contribution in [-0.4, -0.2) is 19.7 Å². The monoisotopic (exact) mass is 155 g/mol. The molecule has 0 aliphatic carbocycles. The highest BCUT2D eigenvalue weighted by Crippen LogP contribution is 1.97. The van der Waals surface area contributed by atoms with Crippen LogP contribution in [0.25, 0.3) is 0 Å². The molecule has 60 valence electrons. The van der Waals surface area contributed by atoms with Gasteiger partial charge in [0.05, 0.1) is 25.9 Å². The SMILES string of the molecule is CCOC(=O)/C(=C/C#N)OC. The summed E-state index contributed by atoms with van der Waals surface area (Å²) >= 11 is 0. The smallest absolute Gasteiger partial charge is 0.374 e. The predicted molar refractivity (Wildman–Crippen MR) is 37.3 cm³/mol. The van der Waals surface area contributed by atoms with Crippen molar-refractivity contribution in [2.75, 3.05) is 13.7 Å². The molecule has 0 aliphatic rings. The van der Waals surface area contributed by atoms with Gasteiger partial charge in [0, 0.05) is 0 Å². The van der Waals surface area contributed by atoms with Crippen molar-refractivity contribution in [3.63, 3.8) is 0 Å². The van der Waals surface area contributed by atoms with E-state index in [-0.39, 0.29) is 12.4 Å². The van der Waals surface area contributed by atoms with Crippen LogP contribution in [0.15, 0.2) is 11.8 Å². The summed E-state index contributed by atoms with van der Waals surface area (Å²) < 4.78 is 9.13. The molecule has 4 heteroatoms. The van der Waals surface area contributed by atoms with Gasteiger partial charge in [-0.25, -0.2) is 4.79 Å². The first kappa shape index (κ1) is 9.50. The van der Waals surface area contributed by atoms with E-state index in [2.05, 4.69) is 9.47 Å². The highest BCUT2D eigenvalue weighted by Gasteiger charge is 2.08. The Morgan fingerprint density at radius 1 is 1.73 bits per heavy atom. The van der Waals surface area contributed by atoms with Crippen LogP contribution in [0.2, 0.25) is 0 Å². The van der Waals surface area contributed by atoms with Crippen LogP contribution in [0.3, 0.4) is 0 Å². The summed E-state index contributed by atoms with van der Waals surface area (Å²) in [6.45, 7) is 1.95. The number of hydrogen-bond acceptors (Lipinski definition) is 4. The number of carbonyl (C=O) groups is 1. The molecule has 0 saturated carbocycles. The average molecular weight is 155 g/mol. The van der Waals surface area contributed by atoms with E-state index in [9.17, 15) is 4.79 Å². The number of nitrogens with zero attached hydrogens (tertiary/aromatic N) is 1. The first-order valence-corrected chi connectivity index (χ1v) is 3.07. The van der Waals surface area contributed by atoms with E-state index in [1.165, 1.54) is 7.11 Å². The van der Waals surface area contributed by atoms with Gasteiger partial charge in [0.15, 0.2) is 0 Å². The molecule has 11 heavy (non-hydrogen) atoms. The number of rotatable bonds is 3. The maximum absolute atomic E-state index is 10.8. The second-order valence-corrected chi connectivity index (χ2v) is 1.56.